The zero-order valence-corrected chi connectivity index (χ0v) is 11.6. The Balaban J connectivity index is 2.21. The van der Waals surface area contributed by atoms with E-state index in [4.69, 9.17) is 0 Å². The summed E-state index contributed by atoms with van der Waals surface area (Å²) in [5.74, 6) is 0. The second-order valence-electron chi connectivity index (χ2n) is 4.15. The van der Waals surface area contributed by atoms with E-state index >= 15 is 0 Å². The zero-order valence-electron chi connectivity index (χ0n) is 10.00. The van der Waals surface area contributed by atoms with E-state index in [0.717, 1.165) is 27.8 Å². The smallest absolute Gasteiger partial charge is 0.0934 e. The summed E-state index contributed by atoms with van der Waals surface area (Å²) in [6.45, 7) is 2.15. The van der Waals surface area contributed by atoms with Gasteiger partial charge < -0.3 is 5.32 Å². The second kappa shape index (κ2) is 5.47. The minimum atomic E-state index is 0.447. The minimum Gasteiger partial charge on any atom is -0.317 e. The summed E-state index contributed by atoms with van der Waals surface area (Å²) < 4.78 is 1.07. The first kappa shape index (κ1) is 12.3. The van der Waals surface area contributed by atoms with Crippen LogP contribution in [-0.4, -0.2) is 23.3 Å². The average Bonchev–Trinajstić information content (AvgIpc) is 2.78. The van der Waals surface area contributed by atoms with Gasteiger partial charge in [-0.15, -0.1) is 0 Å². The van der Waals surface area contributed by atoms with Crippen molar-refractivity contribution in [3.05, 3.63) is 40.5 Å². The SMILES string of the molecule is CNC(C)Cc1cc(-c2ccccc2Br)n[nH]1. The Morgan fingerprint density at radius 2 is 2.18 bits per heavy atom. The van der Waals surface area contributed by atoms with Gasteiger partial charge in [0.1, 0.15) is 0 Å². The van der Waals surface area contributed by atoms with Gasteiger partial charge >= 0.3 is 0 Å². The molecule has 0 fully saturated rings. The van der Waals surface area contributed by atoms with Gasteiger partial charge in [0.2, 0.25) is 0 Å². The molecule has 90 valence electrons. The van der Waals surface area contributed by atoms with Crippen LogP contribution in [0.15, 0.2) is 34.8 Å². The van der Waals surface area contributed by atoms with Crippen molar-refractivity contribution in [1.29, 1.82) is 0 Å². The van der Waals surface area contributed by atoms with Gasteiger partial charge in [0.25, 0.3) is 0 Å². The van der Waals surface area contributed by atoms with Crippen molar-refractivity contribution in [1.82, 2.24) is 15.5 Å². The monoisotopic (exact) mass is 293 g/mol. The molecule has 0 amide bonds. The molecule has 4 heteroatoms. The first-order valence-corrected chi connectivity index (χ1v) is 6.46. The van der Waals surface area contributed by atoms with Crippen molar-refractivity contribution in [2.75, 3.05) is 7.05 Å². The van der Waals surface area contributed by atoms with Crippen LogP contribution in [-0.2, 0) is 6.42 Å². The number of aromatic amines is 1. The summed E-state index contributed by atoms with van der Waals surface area (Å²) in [5, 5.41) is 10.7. The molecular formula is C13H16BrN3. The number of nitrogens with one attached hydrogen (secondary N) is 2. The van der Waals surface area contributed by atoms with Gasteiger partial charge in [0.15, 0.2) is 0 Å². The van der Waals surface area contributed by atoms with Gasteiger partial charge in [-0.2, -0.15) is 5.10 Å². The maximum Gasteiger partial charge on any atom is 0.0934 e. The first-order valence-electron chi connectivity index (χ1n) is 5.67. The van der Waals surface area contributed by atoms with Gasteiger partial charge in [-0.25, -0.2) is 0 Å². The number of benzene rings is 1. The molecule has 0 spiro atoms. The van der Waals surface area contributed by atoms with Crippen molar-refractivity contribution in [2.24, 2.45) is 0 Å². The first-order chi connectivity index (χ1) is 8.20. The third-order valence-electron chi connectivity index (χ3n) is 2.80. The second-order valence-corrected chi connectivity index (χ2v) is 5.01. The molecule has 0 saturated heterocycles. The lowest BCUT2D eigenvalue weighted by atomic mass is 10.1. The summed E-state index contributed by atoms with van der Waals surface area (Å²) in [6, 6.07) is 10.7. The molecule has 0 bridgehead atoms. The molecule has 0 radical (unpaired) electrons. The molecule has 17 heavy (non-hydrogen) atoms. The lowest BCUT2D eigenvalue weighted by Crippen LogP contribution is -2.23. The van der Waals surface area contributed by atoms with Crippen LogP contribution in [0.2, 0.25) is 0 Å². The highest BCUT2D eigenvalue weighted by atomic mass is 79.9. The predicted octanol–water partition coefficient (Wildman–Crippen LogP) is 2.99. The molecule has 1 aromatic carbocycles. The lowest BCUT2D eigenvalue weighted by molar-refractivity contribution is 0.600. The minimum absolute atomic E-state index is 0.447. The molecule has 0 saturated carbocycles. The molecule has 2 rings (SSSR count). The van der Waals surface area contributed by atoms with Crippen LogP contribution in [0.3, 0.4) is 0 Å². The summed E-state index contributed by atoms with van der Waals surface area (Å²) in [5.41, 5.74) is 3.25. The predicted molar refractivity (Wildman–Crippen MR) is 73.9 cm³/mol. The van der Waals surface area contributed by atoms with Crippen LogP contribution in [0.5, 0.6) is 0 Å². The quantitative estimate of drug-likeness (QED) is 0.910. The molecule has 1 unspecified atom stereocenters. The molecular weight excluding hydrogens is 278 g/mol. The molecule has 1 heterocycles. The van der Waals surface area contributed by atoms with Gasteiger partial charge in [0.05, 0.1) is 5.69 Å². The molecule has 2 aromatic rings. The van der Waals surface area contributed by atoms with Gasteiger partial charge in [-0.05, 0) is 26.1 Å². The Bertz CT molecular complexity index is 493. The van der Waals surface area contributed by atoms with Crippen LogP contribution in [0, 0.1) is 0 Å². The van der Waals surface area contributed by atoms with E-state index in [9.17, 15) is 0 Å². The maximum atomic E-state index is 4.35. The van der Waals surface area contributed by atoms with Gasteiger partial charge in [-0.1, -0.05) is 34.1 Å². The standard InChI is InChI=1S/C13H16BrN3/c1-9(15-2)7-10-8-13(17-16-10)11-5-3-4-6-12(11)14/h3-6,8-9,15H,7H2,1-2H3,(H,16,17). The Hall–Kier alpha value is -1.13. The Kier molecular flexibility index (Phi) is 3.97. The fraction of sp³-hybridized carbons (Fsp3) is 0.308. The Morgan fingerprint density at radius 1 is 1.41 bits per heavy atom. The summed E-state index contributed by atoms with van der Waals surface area (Å²) >= 11 is 3.54. The van der Waals surface area contributed by atoms with E-state index in [1.165, 1.54) is 0 Å². The van der Waals surface area contributed by atoms with Crippen LogP contribution in [0.25, 0.3) is 11.3 Å². The molecule has 2 N–H and O–H groups in total. The zero-order chi connectivity index (χ0) is 12.3. The number of H-pyrrole nitrogens is 1. The average molecular weight is 294 g/mol. The maximum absolute atomic E-state index is 4.35. The van der Waals surface area contributed by atoms with Crippen LogP contribution in [0.4, 0.5) is 0 Å². The fourth-order valence-electron chi connectivity index (χ4n) is 1.71. The van der Waals surface area contributed by atoms with E-state index in [2.05, 4.69) is 50.5 Å². The van der Waals surface area contributed by atoms with E-state index < -0.39 is 0 Å². The van der Waals surface area contributed by atoms with Crippen molar-refractivity contribution in [2.45, 2.75) is 19.4 Å². The fourth-order valence-corrected chi connectivity index (χ4v) is 2.19. The summed E-state index contributed by atoms with van der Waals surface area (Å²) in [7, 11) is 1.97. The number of halogens is 1. The Morgan fingerprint density at radius 3 is 2.88 bits per heavy atom. The molecule has 0 aliphatic heterocycles. The molecule has 1 atom stereocenters. The molecule has 1 aromatic heterocycles. The normalized spacial score (nSPS) is 12.6. The third kappa shape index (κ3) is 2.96. The van der Waals surface area contributed by atoms with E-state index in [0.29, 0.717) is 6.04 Å². The molecule has 0 aliphatic rings. The summed E-state index contributed by atoms with van der Waals surface area (Å²) in [6.07, 6.45) is 0.952. The molecule has 3 nitrogen and oxygen atoms in total. The number of rotatable bonds is 4. The van der Waals surface area contributed by atoms with E-state index in [-0.39, 0.29) is 0 Å². The molecule has 0 aliphatic carbocycles. The highest BCUT2D eigenvalue weighted by molar-refractivity contribution is 9.10. The Labute approximate surface area is 110 Å². The van der Waals surface area contributed by atoms with E-state index in [1.807, 2.05) is 25.2 Å². The van der Waals surface area contributed by atoms with Gasteiger partial charge in [-0.3, -0.25) is 5.10 Å². The van der Waals surface area contributed by atoms with Crippen molar-refractivity contribution >= 4 is 15.9 Å². The van der Waals surface area contributed by atoms with Crippen LogP contribution < -0.4 is 5.32 Å². The third-order valence-corrected chi connectivity index (χ3v) is 3.49. The van der Waals surface area contributed by atoms with E-state index in [1.54, 1.807) is 0 Å². The van der Waals surface area contributed by atoms with Gasteiger partial charge in [0, 0.05) is 28.2 Å². The van der Waals surface area contributed by atoms with Crippen LogP contribution in [0.1, 0.15) is 12.6 Å². The van der Waals surface area contributed by atoms with Crippen molar-refractivity contribution in [3.8, 4) is 11.3 Å². The largest absolute Gasteiger partial charge is 0.317 e. The highest BCUT2D eigenvalue weighted by Crippen LogP contribution is 2.26. The lowest BCUT2D eigenvalue weighted by Gasteiger charge is -2.06. The topological polar surface area (TPSA) is 40.7 Å². The summed E-state index contributed by atoms with van der Waals surface area (Å²) in [4.78, 5) is 0. The number of hydrogen-bond acceptors (Lipinski definition) is 2. The van der Waals surface area contributed by atoms with Crippen molar-refractivity contribution < 1.29 is 0 Å². The van der Waals surface area contributed by atoms with Crippen LogP contribution >= 0.6 is 15.9 Å². The number of likely N-dealkylation sites (N-methyl/N-ethyl adjacent to an activating group) is 1. The number of hydrogen-bond donors (Lipinski definition) is 2. The van der Waals surface area contributed by atoms with Crippen molar-refractivity contribution in [3.63, 3.8) is 0 Å². The number of aromatic nitrogens is 2. The number of nitrogens with zero attached hydrogens (tertiary/aromatic N) is 1. The highest BCUT2D eigenvalue weighted by Gasteiger charge is 2.08.